The molecule has 1 aromatic carbocycles. The van der Waals surface area contributed by atoms with Crippen molar-refractivity contribution < 1.29 is 4.79 Å². The number of nitrogens with two attached hydrogens (primary N) is 1. The van der Waals surface area contributed by atoms with Crippen molar-refractivity contribution in [2.45, 2.75) is 24.8 Å². The molecule has 3 rings (SSSR count). The van der Waals surface area contributed by atoms with Crippen LogP contribution in [0.4, 0.5) is 10.8 Å². The van der Waals surface area contributed by atoms with Crippen molar-refractivity contribution in [3.63, 3.8) is 0 Å². The van der Waals surface area contributed by atoms with Crippen molar-refractivity contribution in [1.82, 2.24) is 19.9 Å². The fourth-order valence-electron chi connectivity index (χ4n) is 2.13. The molecule has 0 radical (unpaired) electrons. The maximum Gasteiger partial charge on any atom is 0.230 e. The van der Waals surface area contributed by atoms with Gasteiger partial charge < -0.3 is 5.84 Å². The number of thiazole rings is 1. The van der Waals surface area contributed by atoms with Gasteiger partial charge in [0.25, 0.3) is 0 Å². The molecule has 1 amide bonds. The number of amides is 1. The molecule has 0 bridgehead atoms. The SMILES string of the molecule is CC(=O)N(c1cccc(C)c1)c1nc(CSc2nncn2N)cs1. The van der Waals surface area contributed by atoms with Gasteiger partial charge in [-0.25, -0.2) is 9.66 Å². The fraction of sp³-hybridized carbons (Fsp3) is 0.200. The van der Waals surface area contributed by atoms with Crippen LogP contribution < -0.4 is 10.7 Å². The van der Waals surface area contributed by atoms with E-state index in [0.29, 0.717) is 16.0 Å². The quantitative estimate of drug-likeness (QED) is 0.556. The number of rotatable bonds is 5. The summed E-state index contributed by atoms with van der Waals surface area (Å²) in [5.41, 5.74) is 2.77. The van der Waals surface area contributed by atoms with E-state index in [-0.39, 0.29) is 5.91 Å². The van der Waals surface area contributed by atoms with E-state index in [9.17, 15) is 4.79 Å². The van der Waals surface area contributed by atoms with E-state index >= 15 is 0 Å². The minimum absolute atomic E-state index is 0.0733. The minimum Gasteiger partial charge on any atom is -0.336 e. The van der Waals surface area contributed by atoms with E-state index < -0.39 is 0 Å². The molecule has 7 nitrogen and oxygen atoms in total. The Morgan fingerprint density at radius 2 is 2.29 bits per heavy atom. The normalized spacial score (nSPS) is 10.8. The average molecular weight is 360 g/mol. The molecule has 0 saturated heterocycles. The number of carbonyl (C=O) groups is 1. The molecule has 124 valence electrons. The molecule has 0 aliphatic carbocycles. The van der Waals surface area contributed by atoms with Crippen molar-refractivity contribution >= 4 is 39.8 Å². The summed E-state index contributed by atoms with van der Waals surface area (Å²) in [6.45, 7) is 3.53. The van der Waals surface area contributed by atoms with Gasteiger partial charge in [-0.2, -0.15) is 0 Å². The summed E-state index contributed by atoms with van der Waals surface area (Å²) in [6, 6.07) is 7.79. The van der Waals surface area contributed by atoms with Gasteiger partial charge in [0.2, 0.25) is 11.1 Å². The zero-order valence-electron chi connectivity index (χ0n) is 13.2. The molecule has 0 aliphatic rings. The van der Waals surface area contributed by atoms with E-state index in [1.54, 1.807) is 4.90 Å². The lowest BCUT2D eigenvalue weighted by Gasteiger charge is -2.18. The number of carbonyl (C=O) groups excluding carboxylic acids is 1. The maximum absolute atomic E-state index is 12.1. The molecule has 2 aromatic heterocycles. The third-order valence-corrected chi connectivity index (χ3v) is 5.06. The van der Waals surface area contributed by atoms with E-state index in [1.807, 2.05) is 36.6 Å². The first-order valence-electron chi connectivity index (χ1n) is 7.14. The van der Waals surface area contributed by atoms with Crippen LogP contribution in [0.1, 0.15) is 18.2 Å². The Balaban J connectivity index is 1.79. The Morgan fingerprint density at radius 3 is 2.96 bits per heavy atom. The summed E-state index contributed by atoms with van der Waals surface area (Å²) < 4.78 is 1.37. The van der Waals surface area contributed by atoms with Crippen LogP contribution in [0.3, 0.4) is 0 Å². The van der Waals surface area contributed by atoms with E-state index in [0.717, 1.165) is 16.9 Å². The van der Waals surface area contributed by atoms with Crippen LogP contribution in [-0.2, 0) is 10.5 Å². The highest BCUT2D eigenvalue weighted by atomic mass is 32.2. The highest BCUT2D eigenvalue weighted by Crippen LogP contribution is 2.31. The molecule has 0 spiro atoms. The molecule has 0 saturated carbocycles. The Hall–Kier alpha value is -2.39. The lowest BCUT2D eigenvalue weighted by atomic mass is 10.2. The number of hydrogen-bond donors (Lipinski definition) is 1. The number of aromatic nitrogens is 4. The number of nitrogens with zero attached hydrogens (tertiary/aromatic N) is 5. The van der Waals surface area contributed by atoms with Crippen molar-refractivity contribution in [3.8, 4) is 0 Å². The summed E-state index contributed by atoms with van der Waals surface area (Å²) in [5, 5.41) is 10.9. The molecule has 24 heavy (non-hydrogen) atoms. The smallest absolute Gasteiger partial charge is 0.230 e. The monoisotopic (exact) mass is 360 g/mol. The van der Waals surface area contributed by atoms with Crippen molar-refractivity contribution in [2.24, 2.45) is 0 Å². The molecule has 2 N–H and O–H groups in total. The highest BCUT2D eigenvalue weighted by molar-refractivity contribution is 7.98. The van der Waals surface area contributed by atoms with Crippen LogP contribution in [-0.4, -0.2) is 25.8 Å². The Morgan fingerprint density at radius 1 is 1.46 bits per heavy atom. The number of nitrogen functional groups attached to an aromatic ring is 1. The van der Waals surface area contributed by atoms with Crippen molar-refractivity contribution in [3.05, 3.63) is 47.2 Å². The molecular weight excluding hydrogens is 344 g/mol. The molecule has 9 heteroatoms. The van der Waals surface area contributed by atoms with Gasteiger partial charge in [-0.1, -0.05) is 23.9 Å². The number of hydrogen-bond acceptors (Lipinski definition) is 7. The molecule has 0 aliphatic heterocycles. The predicted octanol–water partition coefficient (Wildman–Crippen LogP) is 2.73. The number of thioether (sulfide) groups is 1. The summed E-state index contributed by atoms with van der Waals surface area (Å²) in [4.78, 5) is 18.3. The van der Waals surface area contributed by atoms with Crippen molar-refractivity contribution in [1.29, 1.82) is 0 Å². The summed E-state index contributed by atoms with van der Waals surface area (Å²) in [5.74, 6) is 6.22. The standard InChI is InChI=1S/C15H16N6OS2/c1-10-4-3-5-13(6-10)21(11(2)22)14-18-12(7-23-14)8-24-15-19-17-9-20(15)16/h3-7,9H,8,16H2,1-2H3. The van der Waals surface area contributed by atoms with Gasteiger partial charge in [-0.15, -0.1) is 21.5 Å². The van der Waals surface area contributed by atoms with Gasteiger partial charge in [0.05, 0.1) is 11.4 Å². The first-order chi connectivity index (χ1) is 11.5. The second-order valence-electron chi connectivity index (χ2n) is 5.12. The summed E-state index contributed by atoms with van der Waals surface area (Å²) >= 11 is 2.88. The Labute approximate surface area is 147 Å². The molecule has 0 unspecified atom stereocenters. The van der Waals surface area contributed by atoms with Crippen LogP contribution in [0.2, 0.25) is 0 Å². The zero-order valence-corrected chi connectivity index (χ0v) is 14.8. The minimum atomic E-state index is -0.0733. The van der Waals surface area contributed by atoms with E-state index in [4.69, 9.17) is 5.84 Å². The fourth-order valence-corrected chi connectivity index (χ4v) is 3.85. The van der Waals surface area contributed by atoms with Gasteiger partial charge in [0.1, 0.15) is 6.33 Å². The zero-order chi connectivity index (χ0) is 17.1. The molecule has 0 atom stereocenters. The molecule has 0 fully saturated rings. The second-order valence-corrected chi connectivity index (χ2v) is 6.90. The first kappa shape index (κ1) is 16.5. The summed E-state index contributed by atoms with van der Waals surface area (Å²) in [7, 11) is 0. The van der Waals surface area contributed by atoms with Crippen LogP contribution in [0.15, 0.2) is 41.1 Å². The topological polar surface area (TPSA) is 89.9 Å². The Bertz CT molecular complexity index is 859. The van der Waals surface area contributed by atoms with E-state index in [1.165, 1.54) is 41.0 Å². The predicted molar refractivity (Wildman–Crippen MR) is 95.8 cm³/mol. The number of benzene rings is 1. The molecule has 3 aromatic rings. The average Bonchev–Trinajstić information content (AvgIpc) is 3.14. The third-order valence-electron chi connectivity index (χ3n) is 3.20. The van der Waals surface area contributed by atoms with Gasteiger partial charge in [-0.05, 0) is 24.6 Å². The summed E-state index contributed by atoms with van der Waals surface area (Å²) in [6.07, 6.45) is 1.45. The van der Waals surface area contributed by atoms with Gasteiger partial charge >= 0.3 is 0 Å². The lowest BCUT2D eigenvalue weighted by Crippen LogP contribution is -2.22. The largest absolute Gasteiger partial charge is 0.336 e. The van der Waals surface area contributed by atoms with Gasteiger partial charge in [-0.3, -0.25) is 9.69 Å². The second kappa shape index (κ2) is 7.02. The van der Waals surface area contributed by atoms with Crippen LogP contribution in [0, 0.1) is 6.92 Å². The van der Waals surface area contributed by atoms with Gasteiger partial charge in [0.15, 0.2) is 5.13 Å². The van der Waals surface area contributed by atoms with Gasteiger partial charge in [0, 0.05) is 18.1 Å². The van der Waals surface area contributed by atoms with E-state index in [2.05, 4.69) is 15.2 Å². The highest BCUT2D eigenvalue weighted by Gasteiger charge is 2.18. The lowest BCUT2D eigenvalue weighted by molar-refractivity contribution is -0.115. The first-order valence-corrected chi connectivity index (χ1v) is 9.01. The molecular formula is C15H16N6OS2. The van der Waals surface area contributed by atoms with Crippen LogP contribution in [0.25, 0.3) is 0 Å². The number of aryl methyl sites for hydroxylation is 1. The number of anilines is 2. The third kappa shape index (κ3) is 3.57. The van der Waals surface area contributed by atoms with Crippen LogP contribution in [0.5, 0.6) is 0 Å². The van der Waals surface area contributed by atoms with Crippen molar-refractivity contribution in [2.75, 3.05) is 10.7 Å². The molecule has 2 heterocycles. The van der Waals surface area contributed by atoms with Crippen LogP contribution >= 0.6 is 23.1 Å². The Kier molecular flexibility index (Phi) is 4.81. The maximum atomic E-state index is 12.1.